The van der Waals surface area contributed by atoms with Crippen LogP contribution in [0.15, 0.2) is 54.6 Å². The summed E-state index contributed by atoms with van der Waals surface area (Å²) in [5, 5.41) is 3.18. The van der Waals surface area contributed by atoms with Crippen LogP contribution in [0.5, 0.6) is 0 Å². The number of carbonyl (C=O) groups is 1. The maximum absolute atomic E-state index is 12.3. The predicted octanol–water partition coefficient (Wildman–Crippen LogP) is 3.33. The van der Waals surface area contributed by atoms with E-state index in [9.17, 15) is 4.79 Å². The van der Waals surface area contributed by atoms with Crippen LogP contribution in [0.2, 0.25) is 0 Å². The average molecular weight is 263 g/mol. The third kappa shape index (κ3) is 1.54. The van der Waals surface area contributed by atoms with Crippen molar-refractivity contribution in [3.63, 3.8) is 0 Å². The zero-order valence-corrected chi connectivity index (χ0v) is 11.3. The number of fused-ring (bicyclic) bond motifs is 3. The van der Waals surface area contributed by atoms with E-state index >= 15 is 0 Å². The van der Waals surface area contributed by atoms with Gasteiger partial charge in [0.05, 0.1) is 6.04 Å². The van der Waals surface area contributed by atoms with Crippen LogP contribution in [-0.2, 0) is 10.2 Å². The zero-order chi connectivity index (χ0) is 13.6. The monoisotopic (exact) mass is 263 g/mol. The molecule has 100 valence electrons. The Bertz CT molecular complexity index is 664. The Labute approximate surface area is 118 Å². The highest BCUT2D eigenvalue weighted by Crippen LogP contribution is 2.50. The molecule has 3 aliphatic rings. The second-order valence-electron chi connectivity index (χ2n) is 5.87. The normalized spacial score (nSPS) is 27.6. The molecule has 5 rings (SSSR count). The van der Waals surface area contributed by atoms with Crippen molar-refractivity contribution < 1.29 is 4.79 Å². The number of hydrogen-bond acceptors (Lipinski definition) is 1. The van der Waals surface area contributed by atoms with Gasteiger partial charge in [-0.25, -0.2) is 0 Å². The van der Waals surface area contributed by atoms with Gasteiger partial charge < -0.3 is 5.32 Å². The van der Waals surface area contributed by atoms with Crippen LogP contribution in [0.4, 0.5) is 0 Å². The summed E-state index contributed by atoms with van der Waals surface area (Å²) < 4.78 is 0. The molecule has 2 heteroatoms. The molecule has 20 heavy (non-hydrogen) atoms. The highest BCUT2D eigenvalue weighted by atomic mass is 16.1. The molecule has 1 N–H and O–H groups in total. The third-order valence-corrected chi connectivity index (χ3v) is 4.84. The highest BCUT2D eigenvalue weighted by molar-refractivity contribution is 5.81. The molecule has 0 radical (unpaired) electrons. The van der Waals surface area contributed by atoms with Gasteiger partial charge in [0.1, 0.15) is 0 Å². The van der Waals surface area contributed by atoms with Gasteiger partial charge in [0, 0.05) is 11.8 Å². The van der Waals surface area contributed by atoms with Crippen molar-refractivity contribution in [2.75, 3.05) is 0 Å². The van der Waals surface area contributed by atoms with E-state index in [1.54, 1.807) is 0 Å². The third-order valence-electron chi connectivity index (χ3n) is 4.84. The molecule has 1 fully saturated rings. The van der Waals surface area contributed by atoms with Gasteiger partial charge in [0.2, 0.25) is 5.91 Å². The van der Waals surface area contributed by atoms with Crippen LogP contribution in [-0.4, -0.2) is 5.91 Å². The van der Waals surface area contributed by atoms with Crippen molar-refractivity contribution in [1.29, 1.82) is 0 Å². The first-order valence-corrected chi connectivity index (χ1v) is 7.24. The van der Waals surface area contributed by atoms with E-state index in [0.717, 1.165) is 12.8 Å². The number of amides is 1. The lowest BCUT2D eigenvalue weighted by Crippen LogP contribution is -2.32. The second-order valence-corrected chi connectivity index (χ2v) is 5.87. The SMILES string of the molecule is O=C1CC2(c3ccccc3)CCC(N1)c1ccccc12. The number of hydrogen-bond donors (Lipinski definition) is 1. The Morgan fingerprint density at radius 1 is 1.00 bits per heavy atom. The molecule has 2 heterocycles. The molecule has 0 spiro atoms. The van der Waals surface area contributed by atoms with E-state index in [2.05, 4.69) is 53.8 Å². The van der Waals surface area contributed by atoms with Crippen molar-refractivity contribution in [3.8, 4) is 0 Å². The van der Waals surface area contributed by atoms with Crippen LogP contribution in [0.25, 0.3) is 0 Å². The molecule has 0 saturated carbocycles. The van der Waals surface area contributed by atoms with Gasteiger partial charge in [0.25, 0.3) is 0 Å². The lowest BCUT2D eigenvalue weighted by Gasteiger charge is -2.38. The van der Waals surface area contributed by atoms with Crippen LogP contribution in [0.3, 0.4) is 0 Å². The van der Waals surface area contributed by atoms with Gasteiger partial charge in [-0.2, -0.15) is 0 Å². The molecule has 2 atom stereocenters. The molecule has 0 aromatic heterocycles. The van der Waals surface area contributed by atoms with Gasteiger partial charge in [-0.3, -0.25) is 4.79 Å². The van der Waals surface area contributed by atoms with Crippen molar-refractivity contribution in [2.45, 2.75) is 30.7 Å². The first kappa shape index (κ1) is 11.7. The van der Waals surface area contributed by atoms with Crippen LogP contribution in [0, 0.1) is 0 Å². The molecule has 2 aliphatic heterocycles. The maximum Gasteiger partial charge on any atom is 0.221 e. The number of rotatable bonds is 1. The van der Waals surface area contributed by atoms with E-state index in [1.807, 2.05) is 6.07 Å². The lowest BCUT2D eigenvalue weighted by molar-refractivity contribution is -0.121. The van der Waals surface area contributed by atoms with Crippen molar-refractivity contribution in [1.82, 2.24) is 5.32 Å². The number of nitrogens with one attached hydrogen (secondary N) is 1. The van der Waals surface area contributed by atoms with Crippen LogP contribution < -0.4 is 5.32 Å². The van der Waals surface area contributed by atoms with Crippen LogP contribution >= 0.6 is 0 Å². The summed E-state index contributed by atoms with van der Waals surface area (Å²) in [6, 6.07) is 19.2. The van der Waals surface area contributed by atoms with E-state index in [4.69, 9.17) is 0 Å². The van der Waals surface area contributed by atoms with Crippen molar-refractivity contribution in [2.24, 2.45) is 0 Å². The minimum absolute atomic E-state index is 0.144. The molecule has 2 unspecified atom stereocenters. The fourth-order valence-electron chi connectivity index (χ4n) is 3.93. The smallest absolute Gasteiger partial charge is 0.221 e. The Hall–Kier alpha value is -2.09. The number of benzene rings is 2. The summed E-state index contributed by atoms with van der Waals surface area (Å²) in [5.41, 5.74) is 3.76. The Morgan fingerprint density at radius 3 is 2.60 bits per heavy atom. The van der Waals surface area contributed by atoms with Crippen molar-refractivity contribution in [3.05, 3.63) is 71.3 Å². The summed E-state index contributed by atoms with van der Waals surface area (Å²) >= 11 is 0. The molecule has 2 aromatic rings. The Morgan fingerprint density at radius 2 is 1.75 bits per heavy atom. The molecule has 1 aliphatic carbocycles. The standard InChI is InChI=1S/C18H17NO/c20-17-12-18(13-6-2-1-3-7-13)11-10-16(19-17)14-8-4-5-9-15(14)18/h1-9,16H,10-12H2,(H,19,20). The van der Waals surface area contributed by atoms with Gasteiger partial charge in [-0.05, 0) is 29.5 Å². The number of carbonyl (C=O) groups excluding carboxylic acids is 1. The van der Waals surface area contributed by atoms with E-state index in [-0.39, 0.29) is 17.4 Å². The summed E-state index contributed by atoms with van der Waals surface area (Å²) in [7, 11) is 0. The van der Waals surface area contributed by atoms with Crippen LogP contribution in [0.1, 0.15) is 42.0 Å². The largest absolute Gasteiger partial charge is 0.349 e. The second kappa shape index (κ2) is 4.20. The maximum atomic E-state index is 12.3. The van der Waals surface area contributed by atoms with Gasteiger partial charge in [-0.15, -0.1) is 0 Å². The fraction of sp³-hybridized carbons (Fsp3) is 0.278. The molecule has 2 nitrogen and oxygen atoms in total. The molecule has 2 aromatic carbocycles. The highest BCUT2D eigenvalue weighted by Gasteiger charge is 2.45. The first-order chi connectivity index (χ1) is 9.79. The Kier molecular flexibility index (Phi) is 2.46. The lowest BCUT2D eigenvalue weighted by atomic mass is 9.64. The molecular weight excluding hydrogens is 246 g/mol. The zero-order valence-electron chi connectivity index (χ0n) is 11.3. The predicted molar refractivity (Wildman–Crippen MR) is 78.4 cm³/mol. The van der Waals surface area contributed by atoms with Gasteiger partial charge >= 0.3 is 0 Å². The minimum atomic E-state index is -0.144. The molecule has 1 amide bonds. The summed E-state index contributed by atoms with van der Waals surface area (Å²) in [5.74, 6) is 0.174. The summed E-state index contributed by atoms with van der Waals surface area (Å²) in [6.45, 7) is 0. The minimum Gasteiger partial charge on any atom is -0.349 e. The first-order valence-electron chi connectivity index (χ1n) is 7.24. The Balaban J connectivity index is 2.00. The fourth-order valence-corrected chi connectivity index (χ4v) is 3.93. The van der Waals surface area contributed by atoms with Gasteiger partial charge in [0.15, 0.2) is 0 Å². The average Bonchev–Trinajstić information content (AvgIpc) is 2.75. The molecular formula is C18H17NO. The molecule has 1 saturated heterocycles. The van der Waals surface area contributed by atoms with E-state index in [1.165, 1.54) is 16.7 Å². The summed E-state index contributed by atoms with van der Waals surface area (Å²) in [4.78, 5) is 12.3. The summed E-state index contributed by atoms with van der Waals surface area (Å²) in [6.07, 6.45) is 2.62. The topological polar surface area (TPSA) is 29.1 Å². The van der Waals surface area contributed by atoms with E-state index < -0.39 is 0 Å². The quantitative estimate of drug-likeness (QED) is 0.840. The van der Waals surface area contributed by atoms with E-state index in [0.29, 0.717) is 6.42 Å². The van der Waals surface area contributed by atoms with Crippen molar-refractivity contribution >= 4 is 5.91 Å². The molecule has 2 bridgehead atoms. The van der Waals surface area contributed by atoms with Gasteiger partial charge in [-0.1, -0.05) is 54.6 Å².